The highest BCUT2D eigenvalue weighted by atomic mass is 15.4. The Hall–Kier alpha value is -1.68. The lowest BCUT2D eigenvalue weighted by molar-refractivity contribution is 0.644. The molecule has 2 aromatic rings. The van der Waals surface area contributed by atoms with Gasteiger partial charge in [-0.15, -0.1) is 5.10 Å². The van der Waals surface area contributed by atoms with Crippen LogP contribution < -0.4 is 5.32 Å². The molecule has 0 aliphatic rings. The summed E-state index contributed by atoms with van der Waals surface area (Å²) in [6.45, 7) is 8.99. The first-order chi connectivity index (χ1) is 9.17. The fourth-order valence-electron chi connectivity index (χ4n) is 2.24. The molecule has 0 fully saturated rings. The number of benzene rings is 1. The predicted molar refractivity (Wildman–Crippen MR) is 77.0 cm³/mol. The van der Waals surface area contributed by atoms with Crippen LogP contribution in [0.3, 0.4) is 0 Å². The van der Waals surface area contributed by atoms with Crippen molar-refractivity contribution >= 4 is 0 Å². The van der Waals surface area contributed by atoms with Gasteiger partial charge in [0.05, 0.1) is 18.4 Å². The van der Waals surface area contributed by atoms with E-state index < -0.39 is 0 Å². The summed E-state index contributed by atoms with van der Waals surface area (Å²) in [5.41, 5.74) is 4.85. The largest absolute Gasteiger partial charge is 0.311 e. The van der Waals surface area contributed by atoms with Crippen molar-refractivity contribution in [3.63, 3.8) is 0 Å². The molecule has 102 valence electrons. The van der Waals surface area contributed by atoms with Gasteiger partial charge in [-0.25, -0.2) is 4.68 Å². The van der Waals surface area contributed by atoms with Crippen molar-refractivity contribution in [2.75, 3.05) is 6.54 Å². The molecule has 19 heavy (non-hydrogen) atoms. The van der Waals surface area contributed by atoms with Crippen LogP contribution >= 0.6 is 0 Å². The summed E-state index contributed by atoms with van der Waals surface area (Å²) >= 11 is 0. The van der Waals surface area contributed by atoms with Crippen molar-refractivity contribution in [2.45, 2.75) is 40.3 Å². The van der Waals surface area contributed by atoms with Gasteiger partial charge in [-0.3, -0.25) is 0 Å². The molecule has 0 saturated carbocycles. The molecule has 0 bridgehead atoms. The van der Waals surface area contributed by atoms with Gasteiger partial charge in [-0.2, -0.15) is 0 Å². The van der Waals surface area contributed by atoms with Crippen LogP contribution in [0.2, 0.25) is 0 Å². The van der Waals surface area contributed by atoms with Gasteiger partial charge in [-0.05, 0) is 32.4 Å². The van der Waals surface area contributed by atoms with Crippen molar-refractivity contribution in [1.29, 1.82) is 0 Å². The maximum Gasteiger partial charge on any atom is 0.0964 e. The van der Waals surface area contributed by atoms with Crippen molar-refractivity contribution < 1.29 is 0 Å². The van der Waals surface area contributed by atoms with Gasteiger partial charge in [0.25, 0.3) is 0 Å². The number of rotatable bonds is 6. The first-order valence-electron chi connectivity index (χ1n) is 6.84. The van der Waals surface area contributed by atoms with E-state index in [0.717, 1.165) is 31.7 Å². The van der Waals surface area contributed by atoms with Gasteiger partial charge in [0.15, 0.2) is 0 Å². The van der Waals surface area contributed by atoms with Crippen molar-refractivity contribution in [2.24, 2.45) is 0 Å². The summed E-state index contributed by atoms with van der Waals surface area (Å²) in [5.74, 6) is 0. The molecular weight excluding hydrogens is 236 g/mol. The van der Waals surface area contributed by atoms with Crippen LogP contribution in [0.25, 0.3) is 0 Å². The van der Waals surface area contributed by atoms with E-state index in [1.54, 1.807) is 0 Å². The molecule has 0 radical (unpaired) electrons. The number of nitrogens with zero attached hydrogens (tertiary/aromatic N) is 3. The second kappa shape index (κ2) is 6.48. The van der Waals surface area contributed by atoms with Gasteiger partial charge in [0.1, 0.15) is 0 Å². The zero-order valence-corrected chi connectivity index (χ0v) is 12.0. The van der Waals surface area contributed by atoms with Gasteiger partial charge >= 0.3 is 0 Å². The summed E-state index contributed by atoms with van der Waals surface area (Å²) in [4.78, 5) is 0. The molecule has 1 heterocycles. The standard InChI is InChI=1S/C15H22N4/c1-4-5-16-9-15-11-19(18-17-15)10-14-7-12(2)6-13(3)8-14/h6-8,11,16H,4-5,9-10H2,1-3H3. The lowest BCUT2D eigenvalue weighted by Gasteiger charge is -2.04. The van der Waals surface area contributed by atoms with Gasteiger partial charge in [0.2, 0.25) is 0 Å². The van der Waals surface area contributed by atoms with E-state index >= 15 is 0 Å². The summed E-state index contributed by atoms with van der Waals surface area (Å²) < 4.78 is 1.90. The lowest BCUT2D eigenvalue weighted by atomic mass is 10.1. The molecule has 0 unspecified atom stereocenters. The van der Waals surface area contributed by atoms with Crippen LogP contribution in [0.15, 0.2) is 24.4 Å². The molecule has 1 aromatic heterocycles. The van der Waals surface area contributed by atoms with E-state index in [-0.39, 0.29) is 0 Å². The van der Waals surface area contributed by atoms with Crippen LogP contribution in [-0.4, -0.2) is 21.5 Å². The maximum absolute atomic E-state index is 4.18. The molecule has 4 nitrogen and oxygen atoms in total. The average Bonchev–Trinajstić information content (AvgIpc) is 2.76. The molecule has 4 heteroatoms. The number of hydrogen-bond donors (Lipinski definition) is 1. The third-order valence-corrected chi connectivity index (χ3v) is 2.95. The molecule has 1 aromatic carbocycles. The summed E-state index contributed by atoms with van der Waals surface area (Å²) in [7, 11) is 0. The highest BCUT2D eigenvalue weighted by molar-refractivity contribution is 5.28. The third-order valence-electron chi connectivity index (χ3n) is 2.95. The number of nitrogens with one attached hydrogen (secondary N) is 1. The molecule has 0 aliphatic heterocycles. The van der Waals surface area contributed by atoms with E-state index in [1.165, 1.54) is 16.7 Å². The lowest BCUT2D eigenvalue weighted by Crippen LogP contribution is -2.13. The Kier molecular flexibility index (Phi) is 4.68. The van der Waals surface area contributed by atoms with E-state index in [9.17, 15) is 0 Å². The Bertz CT molecular complexity index is 510. The minimum absolute atomic E-state index is 0.781. The minimum Gasteiger partial charge on any atom is -0.311 e. The first-order valence-corrected chi connectivity index (χ1v) is 6.84. The number of hydrogen-bond acceptors (Lipinski definition) is 3. The quantitative estimate of drug-likeness (QED) is 0.809. The van der Waals surface area contributed by atoms with Gasteiger partial charge < -0.3 is 5.32 Å². The molecule has 0 saturated heterocycles. The fraction of sp³-hybridized carbons (Fsp3) is 0.467. The van der Waals surface area contributed by atoms with Crippen LogP contribution in [0.4, 0.5) is 0 Å². The van der Waals surface area contributed by atoms with Crippen LogP contribution in [0.5, 0.6) is 0 Å². The Morgan fingerprint density at radius 3 is 2.58 bits per heavy atom. The highest BCUT2D eigenvalue weighted by Crippen LogP contribution is 2.10. The zero-order chi connectivity index (χ0) is 13.7. The summed E-state index contributed by atoms with van der Waals surface area (Å²) in [6.07, 6.45) is 3.15. The number of aryl methyl sites for hydroxylation is 2. The van der Waals surface area contributed by atoms with Crippen molar-refractivity contribution in [1.82, 2.24) is 20.3 Å². The van der Waals surface area contributed by atoms with Crippen molar-refractivity contribution in [3.8, 4) is 0 Å². The Balaban J connectivity index is 1.99. The van der Waals surface area contributed by atoms with Crippen LogP contribution in [0, 0.1) is 13.8 Å². The molecule has 0 amide bonds. The normalized spacial score (nSPS) is 10.9. The van der Waals surface area contributed by atoms with Crippen molar-refractivity contribution in [3.05, 3.63) is 46.8 Å². The molecule has 0 aliphatic carbocycles. The molecule has 2 rings (SSSR count). The van der Waals surface area contributed by atoms with Crippen LogP contribution in [0.1, 0.15) is 35.7 Å². The molecule has 0 atom stereocenters. The average molecular weight is 258 g/mol. The van der Waals surface area contributed by atoms with Gasteiger partial charge in [0, 0.05) is 6.54 Å². The number of aromatic nitrogens is 3. The van der Waals surface area contributed by atoms with E-state index in [1.807, 2.05) is 10.9 Å². The zero-order valence-electron chi connectivity index (χ0n) is 12.0. The molecule has 1 N–H and O–H groups in total. The highest BCUT2D eigenvalue weighted by Gasteiger charge is 2.02. The van der Waals surface area contributed by atoms with Gasteiger partial charge in [-0.1, -0.05) is 41.5 Å². The molecule has 0 spiro atoms. The maximum atomic E-state index is 4.18. The monoisotopic (exact) mass is 258 g/mol. The summed E-state index contributed by atoms with van der Waals surface area (Å²) in [5, 5.41) is 11.7. The third kappa shape index (κ3) is 4.17. The Morgan fingerprint density at radius 1 is 1.16 bits per heavy atom. The minimum atomic E-state index is 0.781. The van der Waals surface area contributed by atoms with E-state index in [0.29, 0.717) is 0 Å². The summed E-state index contributed by atoms with van der Waals surface area (Å²) in [6, 6.07) is 6.58. The SMILES string of the molecule is CCCNCc1cn(Cc2cc(C)cc(C)c2)nn1. The fourth-order valence-corrected chi connectivity index (χ4v) is 2.24. The topological polar surface area (TPSA) is 42.7 Å². The second-order valence-electron chi connectivity index (χ2n) is 5.08. The predicted octanol–water partition coefficient (Wildman–Crippen LogP) is 2.44. The Labute approximate surface area is 114 Å². The molecular formula is C15H22N4. The van der Waals surface area contributed by atoms with E-state index in [4.69, 9.17) is 0 Å². The first kappa shape index (κ1) is 13.7. The van der Waals surface area contributed by atoms with Crippen LogP contribution in [-0.2, 0) is 13.1 Å². The second-order valence-corrected chi connectivity index (χ2v) is 5.08. The smallest absolute Gasteiger partial charge is 0.0964 e. The Morgan fingerprint density at radius 2 is 1.89 bits per heavy atom. The van der Waals surface area contributed by atoms with E-state index in [2.05, 4.69) is 54.6 Å².